The Labute approximate surface area is 126 Å². The lowest BCUT2D eigenvalue weighted by Crippen LogP contribution is -2.21. The predicted octanol–water partition coefficient (Wildman–Crippen LogP) is 1.66. The summed E-state index contributed by atoms with van der Waals surface area (Å²) in [5, 5.41) is 18.2. The zero-order valence-electron chi connectivity index (χ0n) is 11.5. The van der Waals surface area contributed by atoms with Gasteiger partial charge in [0.2, 0.25) is 5.96 Å². The molecule has 112 valence electrons. The van der Waals surface area contributed by atoms with Crippen molar-refractivity contribution < 1.29 is 4.92 Å². The summed E-state index contributed by atoms with van der Waals surface area (Å²) in [6.07, 6.45) is 6.53. The van der Waals surface area contributed by atoms with Crippen LogP contribution in [0.25, 0.3) is 11.8 Å². The van der Waals surface area contributed by atoms with Gasteiger partial charge in [-0.25, -0.2) is 0 Å². The fourth-order valence-electron chi connectivity index (χ4n) is 1.85. The van der Waals surface area contributed by atoms with Crippen LogP contribution in [0, 0.1) is 10.1 Å². The molecule has 1 aromatic heterocycles. The van der Waals surface area contributed by atoms with Gasteiger partial charge in [-0.1, -0.05) is 12.1 Å². The number of aromatic nitrogens is 1. The van der Waals surface area contributed by atoms with Gasteiger partial charge in [-0.2, -0.15) is 5.10 Å². The van der Waals surface area contributed by atoms with Crippen LogP contribution in [0.4, 0.5) is 5.69 Å². The number of guanidine groups is 1. The number of nitro groups is 1. The second-order valence-electron chi connectivity index (χ2n) is 4.20. The van der Waals surface area contributed by atoms with E-state index in [0.29, 0.717) is 5.69 Å². The molecule has 8 heteroatoms. The number of nitro benzene ring substituents is 1. The van der Waals surface area contributed by atoms with Gasteiger partial charge in [-0.15, -0.1) is 5.10 Å². The summed E-state index contributed by atoms with van der Waals surface area (Å²) in [7, 11) is 0. The van der Waals surface area contributed by atoms with Crippen molar-refractivity contribution in [2.24, 2.45) is 21.7 Å². The number of nitrogens with zero attached hydrogens (tertiary/aromatic N) is 4. The first-order valence-electron chi connectivity index (χ1n) is 6.29. The van der Waals surface area contributed by atoms with E-state index in [1.165, 1.54) is 12.3 Å². The quantitative estimate of drug-likeness (QED) is 0.377. The number of hydrogen-bond acceptors (Lipinski definition) is 4. The molecule has 0 atom stereocenters. The molecule has 22 heavy (non-hydrogen) atoms. The highest BCUT2D eigenvalue weighted by Crippen LogP contribution is 2.24. The third kappa shape index (κ3) is 3.57. The van der Waals surface area contributed by atoms with Crippen LogP contribution in [-0.4, -0.2) is 21.7 Å². The largest absolute Gasteiger partial charge is 0.369 e. The van der Waals surface area contributed by atoms with E-state index < -0.39 is 4.92 Å². The normalized spacial score (nSPS) is 11.1. The lowest BCUT2D eigenvalue weighted by Gasteiger charge is -2.06. The molecular weight excluding hydrogens is 284 g/mol. The van der Waals surface area contributed by atoms with Crippen LogP contribution >= 0.6 is 0 Å². The standard InChI is InChI=1S/C14H14N6O2/c15-14(16)18-17-9-3-5-11-6-4-10-19(11)12-7-1-2-8-13(12)20(21)22/h1-10H,(H4,15,16,18)/b5-3+,17-9?. The molecule has 1 heterocycles. The Balaban J connectivity index is 2.31. The van der Waals surface area contributed by atoms with Crippen LogP contribution in [0.2, 0.25) is 0 Å². The maximum atomic E-state index is 11.1. The molecule has 0 spiro atoms. The Kier molecular flexibility index (Phi) is 4.66. The third-order valence-electron chi connectivity index (χ3n) is 2.71. The van der Waals surface area contributed by atoms with E-state index in [-0.39, 0.29) is 11.6 Å². The minimum Gasteiger partial charge on any atom is -0.369 e. The topological polar surface area (TPSA) is 125 Å². The van der Waals surface area contributed by atoms with Crippen molar-refractivity contribution in [3.05, 3.63) is 64.5 Å². The van der Waals surface area contributed by atoms with E-state index in [9.17, 15) is 10.1 Å². The predicted molar refractivity (Wildman–Crippen MR) is 85.8 cm³/mol. The minimum atomic E-state index is -0.414. The van der Waals surface area contributed by atoms with Crippen molar-refractivity contribution >= 4 is 23.9 Å². The van der Waals surface area contributed by atoms with Crippen LogP contribution in [-0.2, 0) is 0 Å². The summed E-state index contributed by atoms with van der Waals surface area (Å²) in [6.45, 7) is 0. The molecule has 0 aliphatic rings. The Morgan fingerprint density at radius 1 is 1.23 bits per heavy atom. The van der Waals surface area contributed by atoms with Crippen LogP contribution in [0.1, 0.15) is 5.69 Å². The van der Waals surface area contributed by atoms with Gasteiger partial charge in [0.25, 0.3) is 5.69 Å². The van der Waals surface area contributed by atoms with Gasteiger partial charge in [0.05, 0.1) is 4.92 Å². The summed E-state index contributed by atoms with van der Waals surface area (Å²) in [6, 6.07) is 10.1. The van der Waals surface area contributed by atoms with Gasteiger partial charge in [0, 0.05) is 24.2 Å². The van der Waals surface area contributed by atoms with E-state index in [4.69, 9.17) is 11.5 Å². The van der Waals surface area contributed by atoms with Crippen LogP contribution < -0.4 is 11.5 Å². The van der Waals surface area contributed by atoms with Crippen LogP contribution in [0.5, 0.6) is 0 Å². The number of rotatable bonds is 5. The molecular formula is C14H14N6O2. The first kappa shape index (κ1) is 15.0. The van der Waals surface area contributed by atoms with Crippen LogP contribution in [0.15, 0.2) is 58.9 Å². The number of para-hydroxylation sites is 2. The molecule has 0 fully saturated rings. The highest BCUT2D eigenvalue weighted by atomic mass is 16.6. The Morgan fingerprint density at radius 2 is 2.00 bits per heavy atom. The van der Waals surface area contributed by atoms with Gasteiger partial charge < -0.3 is 16.0 Å². The fraction of sp³-hybridized carbons (Fsp3) is 0. The first-order chi connectivity index (χ1) is 10.6. The molecule has 0 unspecified atom stereocenters. The molecule has 0 bridgehead atoms. The molecule has 0 aliphatic heterocycles. The maximum absolute atomic E-state index is 11.1. The molecule has 2 rings (SSSR count). The molecule has 2 aromatic rings. The average Bonchev–Trinajstić information content (AvgIpc) is 2.94. The number of nitrogens with two attached hydrogens (primary N) is 2. The molecule has 8 nitrogen and oxygen atoms in total. The Morgan fingerprint density at radius 3 is 2.73 bits per heavy atom. The second kappa shape index (κ2) is 6.84. The van der Waals surface area contributed by atoms with Crippen molar-refractivity contribution in [3.8, 4) is 5.69 Å². The molecule has 0 saturated heterocycles. The van der Waals surface area contributed by atoms with Crippen molar-refractivity contribution in [2.75, 3.05) is 0 Å². The van der Waals surface area contributed by atoms with Gasteiger partial charge >= 0.3 is 0 Å². The monoisotopic (exact) mass is 298 g/mol. The minimum absolute atomic E-state index is 0.0301. The summed E-state index contributed by atoms with van der Waals surface area (Å²) in [4.78, 5) is 10.7. The van der Waals surface area contributed by atoms with Gasteiger partial charge in [0.1, 0.15) is 5.69 Å². The van der Waals surface area contributed by atoms with Crippen molar-refractivity contribution in [1.82, 2.24) is 4.57 Å². The fourth-order valence-corrected chi connectivity index (χ4v) is 1.85. The second-order valence-corrected chi connectivity index (χ2v) is 4.20. The highest BCUT2D eigenvalue weighted by molar-refractivity contribution is 5.80. The number of benzene rings is 1. The van der Waals surface area contributed by atoms with E-state index >= 15 is 0 Å². The molecule has 0 aliphatic carbocycles. The van der Waals surface area contributed by atoms with E-state index in [0.717, 1.165) is 5.69 Å². The lowest BCUT2D eigenvalue weighted by molar-refractivity contribution is -0.384. The highest BCUT2D eigenvalue weighted by Gasteiger charge is 2.14. The van der Waals surface area contributed by atoms with Crippen LogP contribution in [0.3, 0.4) is 0 Å². The SMILES string of the molecule is NC(N)=NN=C/C=C/c1cccn1-c1ccccc1[N+](=O)[O-]. The Hall–Kier alpha value is -3.42. The molecule has 0 radical (unpaired) electrons. The van der Waals surface area contributed by atoms with E-state index in [1.54, 1.807) is 47.2 Å². The summed E-state index contributed by atoms with van der Waals surface area (Å²) < 4.78 is 1.71. The zero-order chi connectivity index (χ0) is 15.9. The molecule has 1 aromatic carbocycles. The lowest BCUT2D eigenvalue weighted by atomic mass is 10.2. The first-order valence-corrected chi connectivity index (χ1v) is 6.29. The molecule has 0 amide bonds. The summed E-state index contributed by atoms with van der Waals surface area (Å²) >= 11 is 0. The van der Waals surface area contributed by atoms with E-state index in [1.807, 2.05) is 6.07 Å². The third-order valence-corrected chi connectivity index (χ3v) is 2.71. The smallest absolute Gasteiger partial charge is 0.293 e. The van der Waals surface area contributed by atoms with Crippen molar-refractivity contribution in [2.45, 2.75) is 0 Å². The van der Waals surface area contributed by atoms with Gasteiger partial charge in [-0.3, -0.25) is 10.1 Å². The number of allylic oxidation sites excluding steroid dienone is 1. The average molecular weight is 298 g/mol. The Bertz CT molecular complexity index is 756. The van der Waals surface area contributed by atoms with Gasteiger partial charge in [0.15, 0.2) is 0 Å². The van der Waals surface area contributed by atoms with Crippen molar-refractivity contribution in [3.63, 3.8) is 0 Å². The summed E-state index contributed by atoms with van der Waals surface area (Å²) in [5.41, 5.74) is 11.5. The van der Waals surface area contributed by atoms with Crippen molar-refractivity contribution in [1.29, 1.82) is 0 Å². The number of hydrogen-bond donors (Lipinski definition) is 2. The summed E-state index contributed by atoms with van der Waals surface area (Å²) in [5.74, 6) is -0.132. The zero-order valence-corrected chi connectivity index (χ0v) is 11.5. The van der Waals surface area contributed by atoms with Gasteiger partial charge in [-0.05, 0) is 30.4 Å². The molecule has 0 saturated carbocycles. The van der Waals surface area contributed by atoms with E-state index in [2.05, 4.69) is 10.2 Å². The molecule has 4 N–H and O–H groups in total. The maximum Gasteiger partial charge on any atom is 0.293 e.